The predicted molar refractivity (Wildman–Crippen MR) is 97.7 cm³/mol. The number of amides is 2. The van der Waals surface area contributed by atoms with Gasteiger partial charge in [0.05, 0.1) is 0 Å². The molecule has 6 heteroatoms. The van der Waals surface area contributed by atoms with E-state index >= 15 is 0 Å². The second-order valence-corrected chi connectivity index (χ2v) is 5.98. The maximum Gasteiger partial charge on any atom is 0.253 e. The van der Waals surface area contributed by atoms with Gasteiger partial charge >= 0.3 is 0 Å². The number of hydrogen-bond acceptors (Lipinski definition) is 4. The molecule has 0 saturated heterocycles. The summed E-state index contributed by atoms with van der Waals surface area (Å²) in [6, 6.07) is 16.9. The number of hydrogen-bond donors (Lipinski definition) is 2. The van der Waals surface area contributed by atoms with Crippen LogP contribution in [0.1, 0.15) is 34.6 Å². The molecule has 0 saturated carbocycles. The van der Waals surface area contributed by atoms with E-state index in [-0.39, 0.29) is 18.6 Å². The lowest BCUT2D eigenvalue weighted by atomic mass is 10.1. The number of Topliss-reactive ketones (excluding diaryl/α,β-unsaturated/α-hetero) is 1. The van der Waals surface area contributed by atoms with Crippen molar-refractivity contribution in [2.75, 3.05) is 6.61 Å². The topological polar surface area (TPSA) is 84.5 Å². The first-order chi connectivity index (χ1) is 12.5. The number of benzene rings is 2. The average Bonchev–Trinajstić information content (AvgIpc) is 2.65. The Kier molecular flexibility index (Phi) is 7.05. The van der Waals surface area contributed by atoms with Crippen LogP contribution in [0.3, 0.4) is 0 Å². The molecular weight excluding hydrogens is 332 g/mol. The Hall–Kier alpha value is -2.99. The van der Waals surface area contributed by atoms with E-state index in [4.69, 9.17) is 4.74 Å². The summed E-state index contributed by atoms with van der Waals surface area (Å²) in [7, 11) is 0. The molecule has 2 rings (SSSR count). The second kappa shape index (κ2) is 9.48. The highest BCUT2D eigenvalue weighted by Crippen LogP contribution is 2.07. The molecule has 2 N–H and O–H groups in total. The Balaban J connectivity index is 2.11. The van der Waals surface area contributed by atoms with Gasteiger partial charge in [0.2, 0.25) is 11.7 Å². The first-order valence-electron chi connectivity index (χ1n) is 8.33. The van der Waals surface area contributed by atoms with Crippen molar-refractivity contribution in [3.63, 3.8) is 0 Å². The smallest absolute Gasteiger partial charge is 0.253 e. The molecule has 0 aliphatic heterocycles. The second-order valence-electron chi connectivity index (χ2n) is 5.98. The molecule has 2 amide bonds. The van der Waals surface area contributed by atoms with E-state index in [0.717, 1.165) is 0 Å². The predicted octanol–water partition coefficient (Wildman–Crippen LogP) is 2.17. The van der Waals surface area contributed by atoms with Gasteiger partial charge < -0.3 is 15.4 Å². The van der Waals surface area contributed by atoms with Crippen LogP contribution in [0.2, 0.25) is 0 Å². The third kappa shape index (κ3) is 5.82. The summed E-state index contributed by atoms with van der Waals surface area (Å²) < 4.78 is 5.42. The SMILES string of the molecule is CC(C)NC(=O)COC(NC(=O)c1ccccc1)C(=O)c1ccccc1. The zero-order valence-electron chi connectivity index (χ0n) is 14.8. The molecule has 0 spiro atoms. The summed E-state index contributed by atoms with van der Waals surface area (Å²) in [6.45, 7) is 3.31. The van der Waals surface area contributed by atoms with Crippen LogP contribution in [0.5, 0.6) is 0 Å². The molecule has 1 unspecified atom stereocenters. The Morgan fingerprint density at radius 3 is 1.92 bits per heavy atom. The minimum absolute atomic E-state index is 0.0479. The van der Waals surface area contributed by atoms with Crippen LogP contribution in [0.15, 0.2) is 60.7 Å². The zero-order valence-corrected chi connectivity index (χ0v) is 14.8. The molecule has 0 bridgehead atoms. The molecule has 0 aromatic heterocycles. The summed E-state index contributed by atoms with van der Waals surface area (Å²) in [5.41, 5.74) is 0.781. The lowest BCUT2D eigenvalue weighted by molar-refractivity contribution is -0.127. The van der Waals surface area contributed by atoms with E-state index < -0.39 is 17.9 Å². The molecular formula is C20H22N2O4. The number of rotatable bonds is 8. The number of carbonyl (C=O) groups is 3. The minimum atomic E-state index is -1.26. The van der Waals surface area contributed by atoms with Crippen molar-refractivity contribution in [2.45, 2.75) is 26.1 Å². The van der Waals surface area contributed by atoms with Gasteiger partial charge in [-0.3, -0.25) is 14.4 Å². The third-order valence-electron chi connectivity index (χ3n) is 3.43. The Labute approximate surface area is 152 Å². The maximum atomic E-state index is 12.7. The van der Waals surface area contributed by atoms with Crippen molar-refractivity contribution in [1.82, 2.24) is 10.6 Å². The van der Waals surface area contributed by atoms with Crippen molar-refractivity contribution in [2.24, 2.45) is 0 Å². The molecule has 6 nitrogen and oxygen atoms in total. The molecule has 1 atom stereocenters. The first kappa shape index (κ1) is 19.3. The number of carbonyl (C=O) groups excluding carboxylic acids is 3. The molecule has 26 heavy (non-hydrogen) atoms. The van der Waals surface area contributed by atoms with Crippen LogP contribution in [0.25, 0.3) is 0 Å². The quantitative estimate of drug-likeness (QED) is 0.562. The van der Waals surface area contributed by atoms with E-state index in [0.29, 0.717) is 11.1 Å². The monoisotopic (exact) mass is 354 g/mol. The summed E-state index contributed by atoms with van der Waals surface area (Å²) in [5.74, 6) is -1.24. The van der Waals surface area contributed by atoms with Crippen molar-refractivity contribution in [1.29, 1.82) is 0 Å². The van der Waals surface area contributed by atoms with Crippen molar-refractivity contribution in [3.05, 3.63) is 71.8 Å². The summed E-state index contributed by atoms with van der Waals surface area (Å²) in [4.78, 5) is 36.9. The van der Waals surface area contributed by atoms with Gasteiger partial charge in [0.1, 0.15) is 6.61 Å². The normalized spacial score (nSPS) is 11.7. The Bertz CT molecular complexity index is 745. The lowest BCUT2D eigenvalue weighted by Crippen LogP contribution is -2.45. The molecule has 0 radical (unpaired) electrons. The molecule has 136 valence electrons. The van der Waals surface area contributed by atoms with Gasteiger partial charge in [-0.05, 0) is 26.0 Å². The van der Waals surface area contributed by atoms with E-state index in [1.807, 2.05) is 13.8 Å². The molecule has 2 aromatic rings. The zero-order chi connectivity index (χ0) is 18.9. The molecule has 0 aliphatic carbocycles. The lowest BCUT2D eigenvalue weighted by Gasteiger charge is -2.19. The van der Waals surface area contributed by atoms with Crippen LogP contribution in [-0.4, -0.2) is 36.5 Å². The van der Waals surface area contributed by atoms with Gasteiger partial charge in [0, 0.05) is 17.2 Å². The van der Waals surface area contributed by atoms with E-state index in [9.17, 15) is 14.4 Å². The van der Waals surface area contributed by atoms with Crippen LogP contribution in [0.4, 0.5) is 0 Å². The number of ketones is 1. The number of nitrogens with one attached hydrogen (secondary N) is 2. The standard InChI is InChI=1S/C20H22N2O4/c1-14(2)21-17(23)13-26-20(18(24)15-9-5-3-6-10-15)22-19(25)16-11-7-4-8-12-16/h3-12,14,20H,13H2,1-2H3,(H,21,23)(H,22,25). The average molecular weight is 354 g/mol. The van der Waals surface area contributed by atoms with Gasteiger partial charge in [0.15, 0.2) is 6.23 Å². The summed E-state index contributed by atoms with van der Waals surface area (Å²) in [6.07, 6.45) is -1.26. The fourth-order valence-corrected chi connectivity index (χ4v) is 2.25. The minimum Gasteiger partial charge on any atom is -0.352 e. The van der Waals surface area contributed by atoms with E-state index in [1.54, 1.807) is 60.7 Å². The van der Waals surface area contributed by atoms with Crippen LogP contribution >= 0.6 is 0 Å². The first-order valence-corrected chi connectivity index (χ1v) is 8.33. The molecule has 0 aliphatic rings. The van der Waals surface area contributed by atoms with Crippen molar-refractivity contribution >= 4 is 17.6 Å². The highest BCUT2D eigenvalue weighted by molar-refractivity contribution is 6.03. The van der Waals surface area contributed by atoms with Gasteiger partial charge in [-0.15, -0.1) is 0 Å². The fourth-order valence-electron chi connectivity index (χ4n) is 2.25. The highest BCUT2D eigenvalue weighted by Gasteiger charge is 2.24. The molecule has 2 aromatic carbocycles. The summed E-state index contributed by atoms with van der Waals surface area (Å²) >= 11 is 0. The Morgan fingerprint density at radius 1 is 0.846 bits per heavy atom. The van der Waals surface area contributed by atoms with Crippen molar-refractivity contribution < 1.29 is 19.1 Å². The van der Waals surface area contributed by atoms with Crippen LogP contribution in [0, 0.1) is 0 Å². The Morgan fingerprint density at radius 2 is 1.38 bits per heavy atom. The van der Waals surface area contributed by atoms with Gasteiger partial charge in [-0.2, -0.15) is 0 Å². The fraction of sp³-hybridized carbons (Fsp3) is 0.250. The van der Waals surface area contributed by atoms with Gasteiger partial charge in [-0.25, -0.2) is 0 Å². The summed E-state index contributed by atoms with van der Waals surface area (Å²) in [5, 5.41) is 5.22. The number of ether oxygens (including phenoxy) is 1. The van der Waals surface area contributed by atoms with Gasteiger partial charge in [-0.1, -0.05) is 48.5 Å². The van der Waals surface area contributed by atoms with Gasteiger partial charge in [0.25, 0.3) is 5.91 Å². The van der Waals surface area contributed by atoms with Crippen molar-refractivity contribution in [3.8, 4) is 0 Å². The van der Waals surface area contributed by atoms with E-state index in [2.05, 4.69) is 10.6 Å². The maximum absolute atomic E-state index is 12.7. The molecule has 0 heterocycles. The largest absolute Gasteiger partial charge is 0.352 e. The van der Waals surface area contributed by atoms with E-state index in [1.165, 1.54) is 0 Å². The molecule has 0 fully saturated rings. The van der Waals surface area contributed by atoms with Crippen LogP contribution in [-0.2, 0) is 9.53 Å². The third-order valence-corrected chi connectivity index (χ3v) is 3.43. The van der Waals surface area contributed by atoms with Crippen LogP contribution < -0.4 is 10.6 Å². The highest BCUT2D eigenvalue weighted by atomic mass is 16.5.